The van der Waals surface area contributed by atoms with Gasteiger partial charge in [-0.2, -0.15) is 0 Å². The van der Waals surface area contributed by atoms with Gasteiger partial charge in [0.1, 0.15) is 41.5 Å². The molecule has 1 unspecified atom stereocenters. The van der Waals surface area contributed by atoms with Crippen molar-refractivity contribution in [2.24, 2.45) is 0 Å². The SMILES string of the molecule is COc1ccc(OC)c(C(O)CNC(=O)c2ccc(COc3ccc(F)cc3)o2)c1. The van der Waals surface area contributed by atoms with E-state index < -0.39 is 12.0 Å². The van der Waals surface area contributed by atoms with Gasteiger partial charge < -0.3 is 29.1 Å². The minimum atomic E-state index is -1.00. The van der Waals surface area contributed by atoms with Crippen molar-refractivity contribution < 1.29 is 32.9 Å². The summed E-state index contributed by atoms with van der Waals surface area (Å²) in [5.41, 5.74) is 0.491. The zero-order valence-electron chi connectivity index (χ0n) is 16.6. The monoisotopic (exact) mass is 415 g/mol. The second-order valence-corrected chi connectivity index (χ2v) is 6.34. The topological polar surface area (TPSA) is 90.2 Å². The molecule has 7 nitrogen and oxygen atoms in total. The van der Waals surface area contributed by atoms with Crippen molar-refractivity contribution in [1.82, 2.24) is 5.32 Å². The molecular weight excluding hydrogens is 393 g/mol. The fourth-order valence-corrected chi connectivity index (χ4v) is 2.75. The van der Waals surface area contributed by atoms with Gasteiger partial charge in [0.25, 0.3) is 5.91 Å². The lowest BCUT2D eigenvalue weighted by atomic mass is 10.1. The smallest absolute Gasteiger partial charge is 0.287 e. The summed E-state index contributed by atoms with van der Waals surface area (Å²) >= 11 is 0. The number of furan rings is 1. The maximum absolute atomic E-state index is 12.9. The van der Waals surface area contributed by atoms with E-state index in [0.717, 1.165) is 0 Å². The van der Waals surface area contributed by atoms with Crippen molar-refractivity contribution in [2.45, 2.75) is 12.7 Å². The highest BCUT2D eigenvalue weighted by molar-refractivity contribution is 5.91. The fraction of sp³-hybridized carbons (Fsp3) is 0.227. The van der Waals surface area contributed by atoms with Gasteiger partial charge in [-0.05, 0) is 54.6 Å². The lowest BCUT2D eigenvalue weighted by Gasteiger charge is -2.16. The van der Waals surface area contributed by atoms with Crippen molar-refractivity contribution in [3.63, 3.8) is 0 Å². The molecule has 0 spiro atoms. The summed E-state index contributed by atoms with van der Waals surface area (Å²) in [4.78, 5) is 12.3. The number of aliphatic hydroxyl groups is 1. The highest BCUT2D eigenvalue weighted by Gasteiger charge is 2.18. The van der Waals surface area contributed by atoms with Gasteiger partial charge in [-0.25, -0.2) is 4.39 Å². The van der Waals surface area contributed by atoms with Crippen LogP contribution in [0.4, 0.5) is 4.39 Å². The number of aliphatic hydroxyl groups excluding tert-OH is 1. The Morgan fingerprint density at radius 1 is 1.07 bits per heavy atom. The van der Waals surface area contributed by atoms with E-state index in [2.05, 4.69) is 5.32 Å². The molecule has 0 radical (unpaired) electrons. The van der Waals surface area contributed by atoms with Crippen molar-refractivity contribution in [3.05, 3.63) is 77.5 Å². The Balaban J connectivity index is 1.56. The van der Waals surface area contributed by atoms with Gasteiger partial charge in [-0.15, -0.1) is 0 Å². The van der Waals surface area contributed by atoms with E-state index in [4.69, 9.17) is 18.6 Å². The Kier molecular flexibility index (Phi) is 6.92. The molecule has 0 bridgehead atoms. The van der Waals surface area contributed by atoms with Gasteiger partial charge in [-0.3, -0.25) is 4.79 Å². The minimum Gasteiger partial charge on any atom is -0.497 e. The molecule has 8 heteroatoms. The first-order valence-corrected chi connectivity index (χ1v) is 9.15. The van der Waals surface area contributed by atoms with Crippen LogP contribution in [0.2, 0.25) is 0 Å². The first kappa shape index (κ1) is 21.2. The largest absolute Gasteiger partial charge is 0.497 e. The fourth-order valence-electron chi connectivity index (χ4n) is 2.75. The molecule has 0 saturated heterocycles. The zero-order chi connectivity index (χ0) is 21.5. The third-order valence-electron chi connectivity index (χ3n) is 4.33. The van der Waals surface area contributed by atoms with Crippen LogP contribution >= 0.6 is 0 Å². The lowest BCUT2D eigenvalue weighted by molar-refractivity contribution is 0.0883. The van der Waals surface area contributed by atoms with Gasteiger partial charge >= 0.3 is 0 Å². The van der Waals surface area contributed by atoms with Crippen molar-refractivity contribution in [1.29, 1.82) is 0 Å². The maximum Gasteiger partial charge on any atom is 0.287 e. The zero-order valence-corrected chi connectivity index (χ0v) is 16.6. The Bertz CT molecular complexity index is 986. The molecule has 1 amide bonds. The molecule has 158 valence electrons. The van der Waals surface area contributed by atoms with Crippen LogP contribution in [0.1, 0.15) is 28.0 Å². The number of rotatable bonds is 9. The molecule has 3 aromatic rings. The summed E-state index contributed by atoms with van der Waals surface area (Å²) < 4.78 is 34.3. The van der Waals surface area contributed by atoms with Crippen LogP contribution in [0.3, 0.4) is 0 Å². The Labute approximate surface area is 173 Å². The summed E-state index contributed by atoms with van der Waals surface area (Å²) in [7, 11) is 3.02. The average molecular weight is 415 g/mol. The predicted octanol–water partition coefficient (Wildman–Crippen LogP) is 3.48. The molecule has 1 heterocycles. The molecule has 0 saturated carbocycles. The number of carbonyl (C=O) groups excluding carboxylic acids is 1. The summed E-state index contributed by atoms with van der Waals surface area (Å²) in [6, 6.07) is 13.7. The average Bonchev–Trinajstić information content (AvgIpc) is 3.25. The molecule has 2 N–H and O–H groups in total. The normalized spacial score (nSPS) is 11.6. The molecule has 3 rings (SSSR count). The number of halogens is 1. The first-order valence-electron chi connectivity index (χ1n) is 9.15. The van der Waals surface area contributed by atoms with E-state index in [1.165, 1.54) is 44.6 Å². The molecule has 30 heavy (non-hydrogen) atoms. The molecule has 2 aromatic carbocycles. The number of benzene rings is 2. The number of ether oxygens (including phenoxy) is 3. The van der Waals surface area contributed by atoms with Crippen molar-refractivity contribution in [2.75, 3.05) is 20.8 Å². The van der Waals surface area contributed by atoms with Crippen LogP contribution in [-0.2, 0) is 6.61 Å². The van der Waals surface area contributed by atoms with E-state index in [9.17, 15) is 14.3 Å². The van der Waals surface area contributed by atoms with Crippen LogP contribution in [-0.4, -0.2) is 31.8 Å². The van der Waals surface area contributed by atoms with E-state index in [1.54, 1.807) is 24.3 Å². The summed E-state index contributed by atoms with van der Waals surface area (Å²) in [6.07, 6.45) is -1.00. The number of hydrogen-bond acceptors (Lipinski definition) is 6. The lowest BCUT2D eigenvalue weighted by Crippen LogP contribution is -2.28. The highest BCUT2D eigenvalue weighted by atomic mass is 19.1. The Morgan fingerprint density at radius 3 is 2.50 bits per heavy atom. The van der Waals surface area contributed by atoms with Crippen LogP contribution < -0.4 is 19.5 Å². The second kappa shape index (κ2) is 9.80. The quantitative estimate of drug-likeness (QED) is 0.556. The summed E-state index contributed by atoms with van der Waals surface area (Å²) in [5.74, 6) is 1.20. The van der Waals surface area contributed by atoms with Crippen LogP contribution in [0.15, 0.2) is 59.0 Å². The van der Waals surface area contributed by atoms with Crippen LogP contribution in [0.25, 0.3) is 0 Å². The first-order chi connectivity index (χ1) is 14.5. The second-order valence-electron chi connectivity index (χ2n) is 6.34. The van der Waals surface area contributed by atoms with Gasteiger partial charge in [0.2, 0.25) is 0 Å². The Morgan fingerprint density at radius 2 is 1.80 bits per heavy atom. The predicted molar refractivity (Wildman–Crippen MR) is 106 cm³/mol. The minimum absolute atomic E-state index is 0.0511. The number of hydrogen-bond donors (Lipinski definition) is 2. The van der Waals surface area contributed by atoms with E-state index >= 15 is 0 Å². The van der Waals surface area contributed by atoms with Crippen LogP contribution in [0, 0.1) is 5.82 Å². The molecule has 0 aliphatic rings. The molecule has 1 atom stereocenters. The third-order valence-corrected chi connectivity index (χ3v) is 4.33. The highest BCUT2D eigenvalue weighted by Crippen LogP contribution is 2.29. The summed E-state index contributed by atoms with van der Waals surface area (Å²) in [6.45, 7) is 0.0347. The molecule has 0 fully saturated rings. The number of carbonyl (C=O) groups is 1. The van der Waals surface area contributed by atoms with E-state index in [1.807, 2.05) is 0 Å². The van der Waals surface area contributed by atoms with E-state index in [-0.39, 0.29) is 24.7 Å². The van der Waals surface area contributed by atoms with Gasteiger partial charge in [0.15, 0.2) is 5.76 Å². The van der Waals surface area contributed by atoms with Gasteiger partial charge in [0.05, 0.1) is 14.2 Å². The number of amides is 1. The van der Waals surface area contributed by atoms with Gasteiger partial charge in [-0.1, -0.05) is 0 Å². The summed E-state index contributed by atoms with van der Waals surface area (Å²) in [5, 5.41) is 13.1. The third kappa shape index (κ3) is 5.30. The number of methoxy groups -OCH3 is 2. The molecular formula is C22H22FNO6. The standard InChI is InChI=1S/C22H22FNO6/c1-27-16-7-9-20(28-2)18(11-16)19(25)12-24-22(26)21-10-8-17(30-21)13-29-15-5-3-14(23)4-6-15/h3-11,19,25H,12-13H2,1-2H3,(H,24,26). The number of nitrogens with one attached hydrogen (secondary N) is 1. The van der Waals surface area contributed by atoms with Gasteiger partial charge in [0, 0.05) is 12.1 Å². The van der Waals surface area contributed by atoms with Crippen molar-refractivity contribution in [3.8, 4) is 17.2 Å². The molecule has 1 aromatic heterocycles. The molecule has 0 aliphatic carbocycles. The Hall–Kier alpha value is -3.52. The van der Waals surface area contributed by atoms with Crippen molar-refractivity contribution >= 4 is 5.91 Å². The molecule has 0 aliphatic heterocycles. The maximum atomic E-state index is 12.9. The van der Waals surface area contributed by atoms with Crippen LogP contribution in [0.5, 0.6) is 17.2 Å². The van der Waals surface area contributed by atoms with E-state index in [0.29, 0.717) is 28.6 Å².